The van der Waals surface area contributed by atoms with Crippen molar-refractivity contribution in [2.75, 3.05) is 0 Å². The van der Waals surface area contributed by atoms with E-state index in [4.69, 9.17) is 11.2 Å². The van der Waals surface area contributed by atoms with Gasteiger partial charge in [0.15, 0.2) is 11.6 Å². The topological polar surface area (TPSA) is 72.8 Å². The summed E-state index contributed by atoms with van der Waals surface area (Å²) < 4.78 is 7.60. The average Bonchev–Trinajstić information content (AvgIpc) is 3.27. The number of aromatic nitrogens is 4. The number of nitrogens with one attached hydrogen (secondary N) is 1. The van der Waals surface area contributed by atoms with E-state index in [0.717, 1.165) is 21.5 Å². The third-order valence-corrected chi connectivity index (χ3v) is 4.98. The fraction of sp³-hybridized carbons (Fsp3) is 0.105. The first-order valence-electron chi connectivity index (χ1n) is 7.91. The number of pyridine rings is 1. The van der Waals surface area contributed by atoms with Gasteiger partial charge in [0.05, 0.1) is 22.1 Å². The molecule has 0 aliphatic rings. The number of hydrogen-bond acceptors (Lipinski definition) is 5. The Kier molecular flexibility index (Phi) is 4.03. The molecule has 1 atom stereocenters. The number of ether oxygens (including phenoxy) is 1. The van der Waals surface area contributed by atoms with Gasteiger partial charge in [-0.2, -0.15) is 5.10 Å². The Morgan fingerprint density at radius 1 is 1.31 bits per heavy atom. The SMILES string of the molecule is C#COc1ccc(-n2ccc(C(C)c3ccc4[nH]c(=O)sc4c3)n2)nc1. The average molecular weight is 362 g/mol. The fourth-order valence-electron chi connectivity index (χ4n) is 2.74. The maximum Gasteiger partial charge on any atom is 0.305 e. The Morgan fingerprint density at radius 2 is 2.19 bits per heavy atom. The summed E-state index contributed by atoms with van der Waals surface area (Å²) in [6, 6.07) is 11.5. The minimum absolute atomic E-state index is 0.0441. The van der Waals surface area contributed by atoms with Crippen LogP contribution in [-0.4, -0.2) is 19.7 Å². The van der Waals surface area contributed by atoms with Gasteiger partial charge in [0.1, 0.15) is 6.11 Å². The molecule has 0 fully saturated rings. The Balaban J connectivity index is 1.61. The molecular formula is C19H14N4O2S. The molecule has 0 saturated carbocycles. The monoisotopic (exact) mass is 362 g/mol. The molecule has 0 aliphatic heterocycles. The normalized spacial score (nSPS) is 12.0. The zero-order valence-electron chi connectivity index (χ0n) is 13.8. The molecule has 6 nitrogen and oxygen atoms in total. The van der Waals surface area contributed by atoms with Gasteiger partial charge in [-0.3, -0.25) is 4.79 Å². The minimum atomic E-state index is -0.0441. The van der Waals surface area contributed by atoms with E-state index in [1.165, 1.54) is 11.3 Å². The zero-order valence-corrected chi connectivity index (χ0v) is 14.7. The quantitative estimate of drug-likeness (QED) is 0.566. The third-order valence-electron chi connectivity index (χ3n) is 4.13. The second kappa shape index (κ2) is 6.50. The Morgan fingerprint density at radius 3 is 2.96 bits per heavy atom. The minimum Gasteiger partial charge on any atom is -0.406 e. The van der Waals surface area contributed by atoms with Crippen LogP contribution in [0, 0.1) is 12.5 Å². The van der Waals surface area contributed by atoms with Crippen molar-refractivity contribution in [3.8, 4) is 24.1 Å². The van der Waals surface area contributed by atoms with Gasteiger partial charge < -0.3 is 9.72 Å². The number of nitrogens with zero attached hydrogens (tertiary/aromatic N) is 3. The molecule has 7 heteroatoms. The molecule has 1 aromatic carbocycles. The Hall–Kier alpha value is -3.37. The summed E-state index contributed by atoms with van der Waals surface area (Å²) in [5.41, 5.74) is 2.88. The number of benzene rings is 1. The summed E-state index contributed by atoms with van der Waals surface area (Å²) >= 11 is 1.21. The van der Waals surface area contributed by atoms with Crippen molar-refractivity contribution in [2.45, 2.75) is 12.8 Å². The number of fused-ring (bicyclic) bond motifs is 1. The highest BCUT2D eigenvalue weighted by Gasteiger charge is 2.14. The summed E-state index contributed by atoms with van der Waals surface area (Å²) in [4.78, 5) is 18.6. The van der Waals surface area contributed by atoms with E-state index >= 15 is 0 Å². The molecule has 128 valence electrons. The lowest BCUT2D eigenvalue weighted by Gasteiger charge is -2.09. The summed E-state index contributed by atoms with van der Waals surface area (Å²) in [7, 11) is 0. The van der Waals surface area contributed by atoms with E-state index in [0.29, 0.717) is 11.6 Å². The number of H-pyrrole nitrogens is 1. The molecule has 3 heterocycles. The van der Waals surface area contributed by atoms with E-state index in [1.54, 1.807) is 23.0 Å². The second-order valence-electron chi connectivity index (χ2n) is 5.75. The van der Waals surface area contributed by atoms with Gasteiger partial charge in [0, 0.05) is 12.1 Å². The molecule has 0 saturated heterocycles. The molecule has 4 aromatic rings. The highest BCUT2D eigenvalue weighted by molar-refractivity contribution is 7.16. The van der Waals surface area contributed by atoms with Crippen molar-refractivity contribution in [3.05, 3.63) is 69.7 Å². The number of rotatable bonds is 4. The van der Waals surface area contributed by atoms with Crippen molar-refractivity contribution < 1.29 is 4.74 Å². The molecule has 0 bridgehead atoms. The van der Waals surface area contributed by atoms with Gasteiger partial charge in [-0.15, -0.1) is 0 Å². The molecule has 26 heavy (non-hydrogen) atoms. The van der Waals surface area contributed by atoms with E-state index in [2.05, 4.69) is 28.1 Å². The van der Waals surface area contributed by atoms with Crippen LogP contribution in [0.25, 0.3) is 16.0 Å². The summed E-state index contributed by atoms with van der Waals surface area (Å²) in [6.07, 6.45) is 10.6. The summed E-state index contributed by atoms with van der Waals surface area (Å²) in [6.45, 7) is 2.08. The highest BCUT2D eigenvalue weighted by atomic mass is 32.1. The summed E-state index contributed by atoms with van der Waals surface area (Å²) in [5, 5.41) is 4.62. The van der Waals surface area contributed by atoms with Crippen LogP contribution >= 0.6 is 11.3 Å². The zero-order chi connectivity index (χ0) is 18.1. The Labute approximate surface area is 153 Å². The second-order valence-corrected chi connectivity index (χ2v) is 6.76. The van der Waals surface area contributed by atoms with Gasteiger partial charge in [-0.1, -0.05) is 30.8 Å². The van der Waals surface area contributed by atoms with Crippen molar-refractivity contribution >= 4 is 21.6 Å². The van der Waals surface area contributed by atoms with Crippen LogP contribution in [0.3, 0.4) is 0 Å². The molecule has 0 radical (unpaired) electrons. The van der Waals surface area contributed by atoms with Crippen molar-refractivity contribution in [1.29, 1.82) is 0 Å². The van der Waals surface area contributed by atoms with Gasteiger partial charge in [0.25, 0.3) is 0 Å². The van der Waals surface area contributed by atoms with E-state index in [9.17, 15) is 4.79 Å². The van der Waals surface area contributed by atoms with Crippen LogP contribution < -0.4 is 9.61 Å². The number of hydrogen-bond donors (Lipinski definition) is 1. The predicted molar refractivity (Wildman–Crippen MR) is 101 cm³/mol. The van der Waals surface area contributed by atoms with Gasteiger partial charge in [-0.05, 0) is 35.9 Å². The number of aromatic amines is 1. The summed E-state index contributed by atoms with van der Waals surface area (Å²) in [5.74, 6) is 1.27. The lowest BCUT2D eigenvalue weighted by molar-refractivity contribution is 0.517. The molecule has 1 unspecified atom stereocenters. The molecular weight excluding hydrogens is 348 g/mol. The van der Waals surface area contributed by atoms with Crippen LogP contribution in [0.1, 0.15) is 24.1 Å². The highest BCUT2D eigenvalue weighted by Crippen LogP contribution is 2.27. The van der Waals surface area contributed by atoms with Gasteiger partial charge >= 0.3 is 4.87 Å². The standard InChI is InChI=1S/C19H14N4O2S/c1-3-25-14-5-7-18(20-11-14)23-9-8-15(22-23)12(2)13-4-6-16-17(10-13)26-19(24)21-16/h1,4-12H,2H3,(H,21,24). The molecule has 1 N–H and O–H groups in total. The molecule has 0 spiro atoms. The van der Waals surface area contributed by atoms with Crippen LogP contribution in [0.5, 0.6) is 5.75 Å². The molecule has 3 aromatic heterocycles. The lowest BCUT2D eigenvalue weighted by atomic mass is 9.98. The molecule has 0 amide bonds. The van der Waals surface area contributed by atoms with Gasteiger partial charge in [0.2, 0.25) is 0 Å². The van der Waals surface area contributed by atoms with E-state index in [1.807, 2.05) is 30.5 Å². The molecule has 0 aliphatic carbocycles. The lowest BCUT2D eigenvalue weighted by Crippen LogP contribution is -2.02. The van der Waals surface area contributed by atoms with E-state index < -0.39 is 0 Å². The largest absolute Gasteiger partial charge is 0.406 e. The van der Waals surface area contributed by atoms with Crippen molar-refractivity contribution in [3.63, 3.8) is 0 Å². The Bertz CT molecular complexity index is 1160. The van der Waals surface area contributed by atoms with Crippen LogP contribution in [0.15, 0.2) is 53.6 Å². The fourth-order valence-corrected chi connectivity index (χ4v) is 3.52. The van der Waals surface area contributed by atoms with Crippen LogP contribution in [-0.2, 0) is 0 Å². The van der Waals surface area contributed by atoms with Crippen molar-refractivity contribution in [2.24, 2.45) is 0 Å². The molecule has 4 rings (SSSR count). The van der Waals surface area contributed by atoms with Gasteiger partial charge in [-0.25, -0.2) is 9.67 Å². The van der Waals surface area contributed by atoms with Crippen LogP contribution in [0.2, 0.25) is 0 Å². The smallest absolute Gasteiger partial charge is 0.305 e. The first-order chi connectivity index (χ1) is 12.6. The van der Waals surface area contributed by atoms with E-state index in [-0.39, 0.29) is 10.8 Å². The maximum atomic E-state index is 11.5. The first kappa shape index (κ1) is 16.1. The number of thiazole rings is 1. The maximum absolute atomic E-state index is 11.5. The third kappa shape index (κ3) is 2.98. The van der Waals surface area contributed by atoms with Crippen molar-refractivity contribution in [1.82, 2.24) is 19.7 Å². The first-order valence-corrected chi connectivity index (χ1v) is 8.73. The number of terminal acetylenes is 1. The van der Waals surface area contributed by atoms with Crippen LogP contribution in [0.4, 0.5) is 0 Å². The predicted octanol–water partition coefficient (Wildman–Crippen LogP) is 3.29.